The highest BCUT2D eigenvalue weighted by Gasteiger charge is 2.35. The number of hydrogen-bond donors (Lipinski definition) is 3. The van der Waals surface area contributed by atoms with E-state index in [-0.39, 0.29) is 37.7 Å². The van der Waals surface area contributed by atoms with Crippen LogP contribution in [-0.4, -0.2) is 54.5 Å². The highest BCUT2D eigenvalue weighted by Crippen LogP contribution is 2.24. The molecule has 3 atom stereocenters. The van der Waals surface area contributed by atoms with Gasteiger partial charge in [-0.05, 0) is 25.3 Å². The van der Waals surface area contributed by atoms with Gasteiger partial charge in [-0.2, -0.15) is 0 Å². The maximum atomic E-state index is 12.0. The summed E-state index contributed by atoms with van der Waals surface area (Å²) in [7, 11) is 0. The van der Waals surface area contributed by atoms with E-state index >= 15 is 0 Å². The summed E-state index contributed by atoms with van der Waals surface area (Å²) in [4.78, 5) is 23.4. The monoisotopic (exact) mass is 328 g/mol. The van der Waals surface area contributed by atoms with Crippen LogP contribution in [0.3, 0.4) is 0 Å². The first-order chi connectivity index (χ1) is 10.9. The Morgan fingerprint density at radius 1 is 1.43 bits per heavy atom. The van der Waals surface area contributed by atoms with Gasteiger partial charge in [-0.15, -0.1) is 0 Å². The molecule has 0 unspecified atom stereocenters. The Morgan fingerprint density at radius 3 is 2.61 bits per heavy atom. The molecular weight excluding hydrogens is 300 g/mol. The molecule has 7 heteroatoms. The Labute approximate surface area is 137 Å². The number of hydrogen-bond acceptors (Lipinski definition) is 6. The summed E-state index contributed by atoms with van der Waals surface area (Å²) in [6.07, 6.45) is 3.16. The quantitative estimate of drug-likeness (QED) is 0.551. The molecule has 0 fully saturated rings. The van der Waals surface area contributed by atoms with E-state index in [1.54, 1.807) is 6.08 Å². The summed E-state index contributed by atoms with van der Waals surface area (Å²) in [5.41, 5.74) is 6.56. The normalized spacial score (nSPS) is 24.3. The predicted molar refractivity (Wildman–Crippen MR) is 85.6 cm³/mol. The maximum Gasteiger partial charge on any atom is 0.333 e. The first-order valence-corrected chi connectivity index (χ1v) is 8.09. The molecule has 0 aromatic rings. The number of carbonyl (C=O) groups is 2. The van der Waals surface area contributed by atoms with Gasteiger partial charge in [-0.1, -0.05) is 13.8 Å². The van der Waals surface area contributed by atoms with Crippen molar-refractivity contribution in [1.82, 2.24) is 5.32 Å². The van der Waals surface area contributed by atoms with E-state index in [1.165, 1.54) is 6.92 Å². The smallest absolute Gasteiger partial charge is 0.333 e. The van der Waals surface area contributed by atoms with Crippen molar-refractivity contribution in [3.63, 3.8) is 0 Å². The minimum atomic E-state index is -0.506. The first kappa shape index (κ1) is 19.6. The number of esters is 1. The molecular formula is C16H28N2O5. The maximum absolute atomic E-state index is 12.0. The number of amides is 1. The second-order valence-corrected chi connectivity index (χ2v) is 5.68. The van der Waals surface area contributed by atoms with Crippen molar-refractivity contribution in [2.24, 2.45) is 5.73 Å². The molecule has 23 heavy (non-hydrogen) atoms. The van der Waals surface area contributed by atoms with Crippen LogP contribution >= 0.6 is 0 Å². The number of ether oxygens (including phenoxy) is 2. The molecule has 0 heterocycles. The van der Waals surface area contributed by atoms with Gasteiger partial charge in [0.05, 0.1) is 24.9 Å². The van der Waals surface area contributed by atoms with Gasteiger partial charge in [0.25, 0.3) is 0 Å². The molecule has 1 aliphatic carbocycles. The van der Waals surface area contributed by atoms with Gasteiger partial charge < -0.3 is 25.6 Å². The van der Waals surface area contributed by atoms with Crippen LogP contribution in [0.1, 0.15) is 40.0 Å². The van der Waals surface area contributed by atoms with Crippen molar-refractivity contribution in [3.8, 4) is 0 Å². The molecule has 0 aromatic carbocycles. The summed E-state index contributed by atoms with van der Waals surface area (Å²) >= 11 is 0. The molecule has 0 radical (unpaired) electrons. The fraction of sp³-hybridized carbons (Fsp3) is 0.750. The van der Waals surface area contributed by atoms with Gasteiger partial charge in [0, 0.05) is 18.5 Å². The van der Waals surface area contributed by atoms with Crippen LogP contribution in [0.4, 0.5) is 0 Å². The Kier molecular flexibility index (Phi) is 8.22. The van der Waals surface area contributed by atoms with Gasteiger partial charge in [-0.3, -0.25) is 4.79 Å². The van der Waals surface area contributed by atoms with Gasteiger partial charge in [0.15, 0.2) is 0 Å². The van der Waals surface area contributed by atoms with E-state index in [9.17, 15) is 9.59 Å². The lowest BCUT2D eigenvalue weighted by atomic mass is 9.88. The predicted octanol–water partition coefficient (Wildman–Crippen LogP) is 0.258. The SMILES string of the molecule is CCC(CC)O[C@@H]1C=C(C(=O)OCCO)C[C@H](N)[C@H]1NC(C)=O. The minimum absolute atomic E-state index is 0.0209. The van der Waals surface area contributed by atoms with E-state index in [0.717, 1.165) is 12.8 Å². The van der Waals surface area contributed by atoms with Gasteiger partial charge in [0.2, 0.25) is 5.91 Å². The van der Waals surface area contributed by atoms with Crippen LogP contribution in [0.5, 0.6) is 0 Å². The summed E-state index contributed by atoms with van der Waals surface area (Å²) in [5.74, 6) is -0.697. The van der Waals surface area contributed by atoms with Crippen molar-refractivity contribution < 1.29 is 24.2 Å². The molecule has 1 amide bonds. The molecule has 1 rings (SSSR count). The fourth-order valence-electron chi connectivity index (χ4n) is 2.63. The van der Waals surface area contributed by atoms with E-state index in [1.807, 2.05) is 13.8 Å². The Balaban J connectivity index is 2.95. The highest BCUT2D eigenvalue weighted by atomic mass is 16.5. The fourth-order valence-corrected chi connectivity index (χ4v) is 2.63. The molecule has 0 aromatic heterocycles. The standard InChI is InChI=1S/C16H28N2O5/c1-4-12(5-2)23-14-9-11(16(21)22-7-6-19)8-13(17)15(14)18-10(3)20/h9,12-15,19H,4-8,17H2,1-3H3,(H,18,20)/t13-,14+,15+/m0/s1. The van der Waals surface area contributed by atoms with Crippen LogP contribution in [0.25, 0.3) is 0 Å². The third-order valence-electron chi connectivity index (χ3n) is 3.85. The highest BCUT2D eigenvalue weighted by molar-refractivity contribution is 5.89. The van der Waals surface area contributed by atoms with E-state index in [0.29, 0.717) is 5.57 Å². The lowest BCUT2D eigenvalue weighted by Gasteiger charge is -2.36. The van der Waals surface area contributed by atoms with Crippen LogP contribution in [0.15, 0.2) is 11.6 Å². The Hall–Kier alpha value is -1.44. The van der Waals surface area contributed by atoms with Crippen LogP contribution in [0.2, 0.25) is 0 Å². The second-order valence-electron chi connectivity index (χ2n) is 5.68. The largest absolute Gasteiger partial charge is 0.460 e. The van der Waals surface area contributed by atoms with E-state index < -0.39 is 18.1 Å². The lowest BCUT2D eigenvalue weighted by molar-refractivity contribution is -0.140. The average Bonchev–Trinajstić information content (AvgIpc) is 2.52. The summed E-state index contributed by atoms with van der Waals surface area (Å²) < 4.78 is 11.0. The number of rotatable bonds is 8. The van der Waals surface area contributed by atoms with Crippen molar-refractivity contribution in [3.05, 3.63) is 11.6 Å². The first-order valence-electron chi connectivity index (χ1n) is 8.09. The minimum Gasteiger partial charge on any atom is -0.460 e. The summed E-state index contributed by atoms with van der Waals surface area (Å²) in [6, 6.07) is -0.831. The molecule has 4 N–H and O–H groups in total. The topological polar surface area (TPSA) is 111 Å². The molecule has 0 saturated heterocycles. The van der Waals surface area contributed by atoms with Crippen LogP contribution in [-0.2, 0) is 19.1 Å². The molecule has 132 valence electrons. The lowest BCUT2D eigenvalue weighted by Crippen LogP contribution is -2.57. The van der Waals surface area contributed by atoms with Crippen LogP contribution in [0, 0.1) is 0 Å². The number of nitrogens with one attached hydrogen (secondary N) is 1. The van der Waals surface area contributed by atoms with Crippen molar-refractivity contribution in [2.75, 3.05) is 13.2 Å². The van der Waals surface area contributed by atoms with Crippen molar-refractivity contribution in [2.45, 2.75) is 64.3 Å². The Morgan fingerprint density at radius 2 is 2.09 bits per heavy atom. The third kappa shape index (κ3) is 5.93. The Bertz CT molecular complexity index is 434. The molecule has 0 bridgehead atoms. The zero-order valence-electron chi connectivity index (χ0n) is 14.1. The van der Waals surface area contributed by atoms with E-state index in [4.69, 9.17) is 20.3 Å². The second kappa shape index (κ2) is 9.64. The van der Waals surface area contributed by atoms with Crippen molar-refractivity contribution in [1.29, 1.82) is 0 Å². The van der Waals surface area contributed by atoms with Gasteiger partial charge in [0.1, 0.15) is 6.61 Å². The summed E-state index contributed by atoms with van der Waals surface area (Å²) in [6.45, 7) is 5.18. The zero-order valence-corrected chi connectivity index (χ0v) is 14.1. The number of nitrogens with two attached hydrogens (primary N) is 1. The number of carbonyl (C=O) groups excluding carboxylic acids is 2. The molecule has 0 saturated carbocycles. The van der Waals surface area contributed by atoms with Crippen LogP contribution < -0.4 is 11.1 Å². The molecule has 7 nitrogen and oxygen atoms in total. The van der Waals surface area contributed by atoms with Gasteiger partial charge >= 0.3 is 5.97 Å². The number of aliphatic hydroxyl groups is 1. The summed E-state index contributed by atoms with van der Waals surface area (Å²) in [5, 5.41) is 11.6. The zero-order chi connectivity index (χ0) is 17.4. The molecule has 1 aliphatic rings. The molecule has 0 spiro atoms. The molecule has 0 aliphatic heterocycles. The van der Waals surface area contributed by atoms with Gasteiger partial charge in [-0.25, -0.2) is 4.79 Å². The third-order valence-corrected chi connectivity index (χ3v) is 3.85. The van der Waals surface area contributed by atoms with Crippen molar-refractivity contribution >= 4 is 11.9 Å². The average molecular weight is 328 g/mol. The number of aliphatic hydroxyl groups excluding tert-OH is 1. The van der Waals surface area contributed by atoms with E-state index in [2.05, 4.69) is 5.32 Å².